The number of amides is 1. The predicted molar refractivity (Wildman–Crippen MR) is 92.6 cm³/mol. The van der Waals surface area contributed by atoms with Crippen molar-refractivity contribution < 1.29 is 4.79 Å². The molecule has 0 aromatic heterocycles. The molecule has 2 saturated heterocycles. The largest absolute Gasteiger partial charge is 0.317 e. The minimum absolute atomic E-state index is 0.178. The molecule has 1 aromatic rings. The van der Waals surface area contributed by atoms with Crippen LogP contribution in [-0.4, -0.2) is 43.5 Å². The van der Waals surface area contributed by atoms with Crippen molar-refractivity contribution in [2.75, 3.05) is 37.6 Å². The number of benzene rings is 1. The highest BCUT2D eigenvalue weighted by Gasteiger charge is 2.43. The second-order valence-corrected chi connectivity index (χ2v) is 7.59. The van der Waals surface area contributed by atoms with E-state index in [4.69, 9.17) is 0 Å². The van der Waals surface area contributed by atoms with Gasteiger partial charge < -0.3 is 10.2 Å². The number of anilines is 1. The van der Waals surface area contributed by atoms with Gasteiger partial charge in [0.25, 0.3) is 0 Å². The SMILES string of the molecule is CC(=O)N1CCCc2cccc(CN3CC4(CCNCC4)C3)c21. The van der Waals surface area contributed by atoms with Crippen LogP contribution in [0, 0.1) is 5.41 Å². The lowest BCUT2D eigenvalue weighted by Gasteiger charge is -2.53. The summed E-state index contributed by atoms with van der Waals surface area (Å²) in [6, 6.07) is 6.57. The van der Waals surface area contributed by atoms with E-state index in [0.717, 1.165) is 25.9 Å². The van der Waals surface area contributed by atoms with E-state index in [0.29, 0.717) is 5.41 Å². The van der Waals surface area contributed by atoms with E-state index < -0.39 is 0 Å². The smallest absolute Gasteiger partial charge is 0.223 e. The van der Waals surface area contributed by atoms with Crippen LogP contribution in [0.3, 0.4) is 0 Å². The van der Waals surface area contributed by atoms with Gasteiger partial charge in [0.2, 0.25) is 5.91 Å². The number of para-hydroxylation sites is 1. The molecule has 1 N–H and O–H groups in total. The van der Waals surface area contributed by atoms with Crippen molar-refractivity contribution in [3.05, 3.63) is 29.3 Å². The van der Waals surface area contributed by atoms with Crippen molar-refractivity contribution in [2.45, 2.75) is 39.2 Å². The minimum atomic E-state index is 0.178. The first kappa shape index (κ1) is 15.2. The minimum Gasteiger partial charge on any atom is -0.317 e. The number of carbonyl (C=O) groups excluding carboxylic acids is 1. The first-order chi connectivity index (χ1) is 11.2. The zero-order valence-electron chi connectivity index (χ0n) is 14.1. The molecule has 0 bridgehead atoms. The highest BCUT2D eigenvalue weighted by atomic mass is 16.2. The summed E-state index contributed by atoms with van der Waals surface area (Å²) >= 11 is 0. The molecule has 23 heavy (non-hydrogen) atoms. The van der Waals surface area contributed by atoms with Crippen LogP contribution in [-0.2, 0) is 17.8 Å². The molecule has 3 aliphatic heterocycles. The fourth-order valence-corrected chi connectivity index (χ4v) is 4.70. The van der Waals surface area contributed by atoms with E-state index in [9.17, 15) is 4.79 Å². The Balaban J connectivity index is 1.51. The Kier molecular flexibility index (Phi) is 3.90. The number of rotatable bonds is 2. The van der Waals surface area contributed by atoms with Gasteiger partial charge in [0.1, 0.15) is 0 Å². The number of carbonyl (C=O) groups is 1. The average Bonchev–Trinajstić information content (AvgIpc) is 2.54. The zero-order valence-corrected chi connectivity index (χ0v) is 14.1. The molecule has 4 nitrogen and oxygen atoms in total. The molecule has 1 amide bonds. The number of nitrogens with one attached hydrogen (secondary N) is 1. The van der Waals surface area contributed by atoms with Gasteiger partial charge in [0.15, 0.2) is 0 Å². The van der Waals surface area contributed by atoms with Gasteiger partial charge in [-0.05, 0) is 55.3 Å². The number of hydrogen-bond donors (Lipinski definition) is 1. The van der Waals surface area contributed by atoms with Gasteiger partial charge in [-0.1, -0.05) is 18.2 Å². The topological polar surface area (TPSA) is 35.6 Å². The van der Waals surface area contributed by atoms with Crippen molar-refractivity contribution in [1.29, 1.82) is 0 Å². The van der Waals surface area contributed by atoms with Crippen LogP contribution in [0.2, 0.25) is 0 Å². The lowest BCUT2D eigenvalue weighted by atomic mass is 9.72. The lowest BCUT2D eigenvalue weighted by Crippen LogP contribution is -2.59. The van der Waals surface area contributed by atoms with Gasteiger partial charge in [-0.3, -0.25) is 9.69 Å². The zero-order chi connectivity index (χ0) is 15.9. The van der Waals surface area contributed by atoms with E-state index in [-0.39, 0.29) is 5.91 Å². The summed E-state index contributed by atoms with van der Waals surface area (Å²) in [4.78, 5) is 16.6. The van der Waals surface area contributed by atoms with Gasteiger partial charge in [0.05, 0.1) is 5.69 Å². The van der Waals surface area contributed by atoms with Gasteiger partial charge in [-0.15, -0.1) is 0 Å². The maximum atomic E-state index is 12.0. The standard InChI is InChI=1S/C19H27N3O/c1-15(23)22-11-3-6-16-4-2-5-17(18(16)22)12-21-13-19(14-21)7-9-20-10-8-19/h2,4-5,20H,3,6-14H2,1H3. The molecule has 124 valence electrons. The molecule has 0 radical (unpaired) electrons. The lowest BCUT2D eigenvalue weighted by molar-refractivity contribution is -0.116. The fraction of sp³-hybridized carbons (Fsp3) is 0.632. The number of likely N-dealkylation sites (tertiary alicyclic amines) is 1. The van der Waals surface area contributed by atoms with Crippen molar-refractivity contribution in [2.24, 2.45) is 5.41 Å². The first-order valence-electron chi connectivity index (χ1n) is 8.99. The third-order valence-corrected chi connectivity index (χ3v) is 5.86. The Morgan fingerprint density at radius 3 is 2.78 bits per heavy atom. The summed E-state index contributed by atoms with van der Waals surface area (Å²) in [6.07, 6.45) is 4.81. The Labute approximate surface area is 138 Å². The molecule has 1 spiro atoms. The third kappa shape index (κ3) is 2.79. The van der Waals surface area contributed by atoms with Crippen LogP contribution in [0.1, 0.15) is 37.3 Å². The van der Waals surface area contributed by atoms with Crippen LogP contribution in [0.25, 0.3) is 0 Å². The summed E-state index contributed by atoms with van der Waals surface area (Å²) in [5, 5.41) is 3.47. The highest BCUT2D eigenvalue weighted by molar-refractivity contribution is 5.93. The van der Waals surface area contributed by atoms with E-state index in [2.05, 4.69) is 28.4 Å². The molecule has 4 heteroatoms. The molecule has 3 aliphatic rings. The molecule has 0 saturated carbocycles. The molecule has 0 aliphatic carbocycles. The second kappa shape index (κ2) is 5.91. The van der Waals surface area contributed by atoms with Gasteiger partial charge in [-0.25, -0.2) is 0 Å². The normalized spacial score (nSPS) is 23.4. The number of fused-ring (bicyclic) bond motifs is 1. The molecule has 2 fully saturated rings. The second-order valence-electron chi connectivity index (χ2n) is 7.59. The van der Waals surface area contributed by atoms with Gasteiger partial charge in [-0.2, -0.15) is 0 Å². The summed E-state index contributed by atoms with van der Waals surface area (Å²) < 4.78 is 0. The van der Waals surface area contributed by atoms with Crippen molar-refractivity contribution in [3.8, 4) is 0 Å². The summed E-state index contributed by atoms with van der Waals surface area (Å²) in [7, 11) is 0. The number of nitrogens with zero attached hydrogens (tertiary/aromatic N) is 2. The van der Waals surface area contributed by atoms with Crippen LogP contribution in [0.5, 0.6) is 0 Å². The summed E-state index contributed by atoms with van der Waals surface area (Å²) in [5.74, 6) is 0.178. The van der Waals surface area contributed by atoms with Crippen LogP contribution in [0.15, 0.2) is 18.2 Å². The fourth-order valence-electron chi connectivity index (χ4n) is 4.70. The quantitative estimate of drug-likeness (QED) is 0.909. The Morgan fingerprint density at radius 1 is 1.26 bits per heavy atom. The molecular formula is C19H27N3O. The van der Waals surface area contributed by atoms with E-state index in [1.165, 1.54) is 55.8 Å². The van der Waals surface area contributed by atoms with Gasteiger partial charge in [0, 0.05) is 33.1 Å². The van der Waals surface area contributed by atoms with Crippen LogP contribution < -0.4 is 10.2 Å². The Morgan fingerprint density at radius 2 is 2.04 bits per heavy atom. The molecule has 1 aromatic carbocycles. The summed E-state index contributed by atoms with van der Waals surface area (Å²) in [6.45, 7) is 8.34. The van der Waals surface area contributed by atoms with Crippen molar-refractivity contribution in [3.63, 3.8) is 0 Å². The Bertz CT molecular complexity index is 599. The van der Waals surface area contributed by atoms with E-state index >= 15 is 0 Å². The monoisotopic (exact) mass is 313 g/mol. The number of aryl methyl sites for hydroxylation is 1. The predicted octanol–water partition coefficient (Wildman–Crippen LogP) is 2.17. The third-order valence-electron chi connectivity index (χ3n) is 5.86. The van der Waals surface area contributed by atoms with Crippen LogP contribution >= 0.6 is 0 Å². The molecule has 0 unspecified atom stereocenters. The molecule has 3 heterocycles. The molecule has 4 rings (SSSR count). The number of piperidine rings is 1. The molecule has 0 atom stereocenters. The van der Waals surface area contributed by atoms with E-state index in [1.807, 2.05) is 4.90 Å². The Hall–Kier alpha value is -1.39. The summed E-state index contributed by atoms with van der Waals surface area (Å²) in [5.41, 5.74) is 4.46. The van der Waals surface area contributed by atoms with E-state index in [1.54, 1.807) is 6.92 Å². The highest BCUT2D eigenvalue weighted by Crippen LogP contribution is 2.40. The number of hydrogen-bond acceptors (Lipinski definition) is 3. The van der Waals surface area contributed by atoms with Crippen LogP contribution in [0.4, 0.5) is 5.69 Å². The average molecular weight is 313 g/mol. The molecular weight excluding hydrogens is 286 g/mol. The van der Waals surface area contributed by atoms with Crippen molar-refractivity contribution in [1.82, 2.24) is 10.2 Å². The van der Waals surface area contributed by atoms with Gasteiger partial charge >= 0.3 is 0 Å². The first-order valence-corrected chi connectivity index (χ1v) is 8.99. The maximum Gasteiger partial charge on any atom is 0.223 e. The van der Waals surface area contributed by atoms with Crippen molar-refractivity contribution >= 4 is 11.6 Å². The maximum absolute atomic E-state index is 12.0.